The molecule has 2 aliphatic rings. The molecule has 2 heterocycles. The molecule has 2 fully saturated rings. The van der Waals surface area contributed by atoms with Crippen LogP contribution in [0, 0.1) is 0 Å². The second-order valence-electron chi connectivity index (χ2n) is 6.88. The van der Waals surface area contributed by atoms with Gasteiger partial charge in [-0.05, 0) is 25.7 Å². The Kier molecular flexibility index (Phi) is 4.68. The van der Waals surface area contributed by atoms with Crippen LogP contribution in [-0.4, -0.2) is 44.9 Å². The quantitative estimate of drug-likeness (QED) is 0.925. The predicted octanol–water partition coefficient (Wildman–Crippen LogP) is 1.89. The molecular formula is C17H26N4O2. The number of nitrogens with zero attached hydrogens (tertiary/aromatic N) is 3. The van der Waals surface area contributed by atoms with Gasteiger partial charge in [0.25, 0.3) is 0 Å². The van der Waals surface area contributed by atoms with E-state index in [2.05, 4.69) is 14.9 Å². The van der Waals surface area contributed by atoms with E-state index in [0.29, 0.717) is 6.54 Å². The molecule has 1 aromatic rings. The summed E-state index contributed by atoms with van der Waals surface area (Å²) in [4.78, 5) is 30.9. The number of piperidine rings is 1. The highest BCUT2D eigenvalue weighted by Crippen LogP contribution is 2.32. The Morgan fingerprint density at radius 1 is 1.22 bits per heavy atom. The van der Waals surface area contributed by atoms with Crippen LogP contribution in [0.1, 0.15) is 57.9 Å². The van der Waals surface area contributed by atoms with Gasteiger partial charge in [0.15, 0.2) is 0 Å². The van der Waals surface area contributed by atoms with E-state index in [0.717, 1.165) is 51.5 Å². The van der Waals surface area contributed by atoms with Gasteiger partial charge in [-0.2, -0.15) is 0 Å². The molecule has 6 nitrogen and oxygen atoms in total. The fourth-order valence-electron chi connectivity index (χ4n) is 4.06. The minimum Gasteiger partial charge on any atom is -0.342 e. The molecule has 126 valence electrons. The van der Waals surface area contributed by atoms with E-state index in [1.165, 1.54) is 6.92 Å². The van der Waals surface area contributed by atoms with Crippen LogP contribution >= 0.6 is 0 Å². The van der Waals surface area contributed by atoms with E-state index < -0.39 is 5.54 Å². The maximum absolute atomic E-state index is 13.2. The van der Waals surface area contributed by atoms with E-state index >= 15 is 0 Å². The summed E-state index contributed by atoms with van der Waals surface area (Å²) in [5.74, 6) is 0.000587. The highest BCUT2D eigenvalue weighted by Gasteiger charge is 2.43. The SMILES string of the molecule is CC(=O)NC1(C(=O)N2CCC[C@@H](n3ccnc3)C2)CCCCC1. The number of imidazole rings is 1. The summed E-state index contributed by atoms with van der Waals surface area (Å²) in [6, 6.07) is 0.285. The standard InChI is InChI=1S/C17H26N4O2/c1-14(22)19-17(7-3-2-4-8-17)16(23)20-10-5-6-15(12-20)21-11-9-18-13-21/h9,11,13,15H,2-8,10,12H2,1H3,(H,19,22)/t15-/m1/s1. The van der Waals surface area contributed by atoms with Gasteiger partial charge in [0.2, 0.25) is 11.8 Å². The van der Waals surface area contributed by atoms with Crippen LogP contribution in [0.4, 0.5) is 0 Å². The van der Waals surface area contributed by atoms with Crippen LogP contribution in [-0.2, 0) is 9.59 Å². The number of carbonyl (C=O) groups excluding carboxylic acids is 2. The highest BCUT2D eigenvalue weighted by molar-refractivity contribution is 5.91. The Bertz CT molecular complexity index is 549. The summed E-state index contributed by atoms with van der Waals surface area (Å²) < 4.78 is 2.09. The van der Waals surface area contributed by atoms with Gasteiger partial charge in [0.05, 0.1) is 12.4 Å². The Hall–Kier alpha value is -1.85. The van der Waals surface area contributed by atoms with Crippen LogP contribution in [0.25, 0.3) is 0 Å². The minimum atomic E-state index is -0.680. The Morgan fingerprint density at radius 2 is 2.00 bits per heavy atom. The van der Waals surface area contributed by atoms with Gasteiger partial charge in [0.1, 0.15) is 5.54 Å². The number of nitrogens with one attached hydrogen (secondary N) is 1. The molecule has 0 unspecified atom stereocenters. The predicted molar refractivity (Wildman–Crippen MR) is 86.7 cm³/mol. The minimum absolute atomic E-state index is 0.108. The van der Waals surface area contributed by atoms with Crippen molar-refractivity contribution in [1.82, 2.24) is 19.8 Å². The molecule has 0 radical (unpaired) electrons. The third-order valence-corrected chi connectivity index (χ3v) is 5.16. The smallest absolute Gasteiger partial charge is 0.248 e. The molecule has 1 aliphatic carbocycles. The summed E-state index contributed by atoms with van der Waals surface area (Å²) in [6.07, 6.45) is 12.3. The van der Waals surface area contributed by atoms with Crippen molar-refractivity contribution >= 4 is 11.8 Å². The summed E-state index contributed by atoms with van der Waals surface area (Å²) in [7, 11) is 0. The van der Waals surface area contributed by atoms with Crippen molar-refractivity contribution in [1.29, 1.82) is 0 Å². The van der Waals surface area contributed by atoms with Crippen LogP contribution in [0.15, 0.2) is 18.7 Å². The molecule has 3 rings (SSSR count). The summed E-state index contributed by atoms with van der Waals surface area (Å²) in [5.41, 5.74) is -0.680. The molecule has 1 atom stereocenters. The number of aromatic nitrogens is 2. The molecule has 2 amide bonds. The largest absolute Gasteiger partial charge is 0.342 e. The Labute approximate surface area is 137 Å². The third-order valence-electron chi connectivity index (χ3n) is 5.16. The molecule has 1 saturated heterocycles. The van der Waals surface area contributed by atoms with Crippen molar-refractivity contribution in [2.45, 2.75) is 63.5 Å². The van der Waals surface area contributed by atoms with Crippen molar-refractivity contribution in [3.8, 4) is 0 Å². The number of rotatable bonds is 3. The van der Waals surface area contributed by atoms with Gasteiger partial charge in [-0.3, -0.25) is 9.59 Å². The number of likely N-dealkylation sites (tertiary alicyclic amines) is 1. The molecule has 23 heavy (non-hydrogen) atoms. The average Bonchev–Trinajstić information content (AvgIpc) is 3.09. The maximum Gasteiger partial charge on any atom is 0.248 e. The molecule has 0 bridgehead atoms. The van der Waals surface area contributed by atoms with Crippen LogP contribution in [0.2, 0.25) is 0 Å². The Balaban J connectivity index is 1.75. The van der Waals surface area contributed by atoms with Crippen molar-refractivity contribution in [2.24, 2.45) is 0 Å². The second-order valence-corrected chi connectivity index (χ2v) is 6.88. The first-order chi connectivity index (χ1) is 11.1. The molecular weight excluding hydrogens is 292 g/mol. The average molecular weight is 318 g/mol. The first-order valence-electron chi connectivity index (χ1n) is 8.66. The van der Waals surface area contributed by atoms with Crippen molar-refractivity contribution in [3.05, 3.63) is 18.7 Å². The summed E-state index contributed by atoms with van der Waals surface area (Å²) >= 11 is 0. The normalized spacial score (nSPS) is 24.2. The first kappa shape index (κ1) is 16.0. The topological polar surface area (TPSA) is 67.2 Å². The molecule has 1 aromatic heterocycles. The Morgan fingerprint density at radius 3 is 2.65 bits per heavy atom. The number of hydrogen-bond donors (Lipinski definition) is 1. The summed E-state index contributed by atoms with van der Waals surface area (Å²) in [6.45, 7) is 3.00. The van der Waals surface area contributed by atoms with Gasteiger partial charge in [-0.15, -0.1) is 0 Å². The van der Waals surface area contributed by atoms with Crippen LogP contribution < -0.4 is 5.32 Å². The molecule has 1 N–H and O–H groups in total. The zero-order valence-corrected chi connectivity index (χ0v) is 13.8. The third kappa shape index (κ3) is 3.41. The van der Waals surface area contributed by atoms with Crippen molar-refractivity contribution in [3.63, 3.8) is 0 Å². The molecule has 0 spiro atoms. The van der Waals surface area contributed by atoms with E-state index in [4.69, 9.17) is 0 Å². The number of amides is 2. The molecule has 6 heteroatoms. The monoisotopic (exact) mass is 318 g/mol. The van der Waals surface area contributed by atoms with E-state index in [1.807, 2.05) is 17.4 Å². The lowest BCUT2D eigenvalue weighted by atomic mass is 9.80. The lowest BCUT2D eigenvalue weighted by molar-refractivity contribution is -0.144. The van der Waals surface area contributed by atoms with Gasteiger partial charge in [-0.1, -0.05) is 19.3 Å². The number of carbonyl (C=O) groups is 2. The number of hydrogen-bond acceptors (Lipinski definition) is 3. The second kappa shape index (κ2) is 6.72. The lowest BCUT2D eigenvalue weighted by Gasteiger charge is -2.43. The zero-order valence-electron chi connectivity index (χ0n) is 13.8. The van der Waals surface area contributed by atoms with Gasteiger partial charge in [0, 0.05) is 32.4 Å². The first-order valence-corrected chi connectivity index (χ1v) is 8.66. The maximum atomic E-state index is 13.2. The summed E-state index contributed by atoms with van der Waals surface area (Å²) in [5, 5.41) is 2.99. The van der Waals surface area contributed by atoms with Gasteiger partial charge in [-0.25, -0.2) is 4.98 Å². The molecule has 0 aromatic carbocycles. The zero-order chi connectivity index (χ0) is 16.3. The van der Waals surface area contributed by atoms with E-state index in [-0.39, 0.29) is 17.9 Å². The van der Waals surface area contributed by atoms with Crippen LogP contribution in [0.3, 0.4) is 0 Å². The fraction of sp³-hybridized carbons (Fsp3) is 0.706. The van der Waals surface area contributed by atoms with Gasteiger partial charge >= 0.3 is 0 Å². The molecule has 1 aliphatic heterocycles. The van der Waals surface area contributed by atoms with E-state index in [9.17, 15) is 9.59 Å². The van der Waals surface area contributed by atoms with E-state index in [1.54, 1.807) is 6.20 Å². The lowest BCUT2D eigenvalue weighted by Crippen LogP contribution is -2.61. The van der Waals surface area contributed by atoms with Crippen molar-refractivity contribution in [2.75, 3.05) is 13.1 Å². The fourth-order valence-corrected chi connectivity index (χ4v) is 4.06. The van der Waals surface area contributed by atoms with Gasteiger partial charge < -0.3 is 14.8 Å². The molecule has 1 saturated carbocycles. The highest BCUT2D eigenvalue weighted by atomic mass is 16.2. The van der Waals surface area contributed by atoms with Crippen LogP contribution in [0.5, 0.6) is 0 Å². The van der Waals surface area contributed by atoms with Crippen molar-refractivity contribution < 1.29 is 9.59 Å².